The molecule has 1 unspecified atom stereocenters. The van der Waals surface area contributed by atoms with E-state index in [0.29, 0.717) is 23.1 Å². The Bertz CT molecular complexity index is 402. The Balaban J connectivity index is 2.95. The van der Waals surface area contributed by atoms with Crippen molar-refractivity contribution in [2.45, 2.75) is 12.8 Å². The van der Waals surface area contributed by atoms with Crippen LogP contribution in [0.5, 0.6) is 0 Å². The second-order valence-corrected chi connectivity index (χ2v) is 4.14. The van der Waals surface area contributed by atoms with E-state index in [2.05, 4.69) is 16.0 Å². The molecule has 4 nitrogen and oxygen atoms in total. The van der Waals surface area contributed by atoms with Crippen LogP contribution in [0.3, 0.4) is 0 Å². The molecule has 6 heteroatoms. The lowest BCUT2D eigenvalue weighted by molar-refractivity contribution is 0.707. The molecule has 0 fully saturated rings. The van der Waals surface area contributed by atoms with E-state index in [1.54, 1.807) is 0 Å². The lowest BCUT2D eigenvalue weighted by Gasteiger charge is -2.21. The lowest BCUT2D eigenvalue weighted by Crippen LogP contribution is -2.25. The van der Waals surface area contributed by atoms with Gasteiger partial charge in [-0.1, -0.05) is 11.6 Å². The highest BCUT2D eigenvalue weighted by Gasteiger charge is 2.14. The van der Waals surface area contributed by atoms with Crippen LogP contribution in [-0.4, -0.2) is 23.6 Å². The Morgan fingerprint density at radius 2 is 2.25 bits per heavy atom. The first-order valence-corrected chi connectivity index (χ1v) is 5.67. The molecular weight excluding hydrogens is 247 g/mol. The molecule has 0 aliphatic heterocycles. The number of nitrogens with zero attached hydrogens (tertiary/aromatic N) is 4. The average molecular weight is 259 g/mol. The lowest BCUT2D eigenvalue weighted by atomic mass is 10.2. The molecule has 0 radical (unpaired) electrons. The van der Waals surface area contributed by atoms with E-state index in [1.165, 1.54) is 6.33 Å². The molecule has 0 spiro atoms. The van der Waals surface area contributed by atoms with Gasteiger partial charge in [0.25, 0.3) is 0 Å². The molecule has 0 aliphatic carbocycles. The van der Waals surface area contributed by atoms with Gasteiger partial charge in [0.2, 0.25) is 0 Å². The van der Waals surface area contributed by atoms with Crippen molar-refractivity contribution in [1.29, 1.82) is 5.26 Å². The number of rotatable bonds is 4. The Kier molecular flexibility index (Phi) is 4.78. The van der Waals surface area contributed by atoms with Crippen LogP contribution in [-0.2, 0) is 5.88 Å². The number of anilines is 1. The van der Waals surface area contributed by atoms with Crippen molar-refractivity contribution < 1.29 is 0 Å². The summed E-state index contributed by atoms with van der Waals surface area (Å²) < 4.78 is 0. The van der Waals surface area contributed by atoms with Crippen LogP contribution >= 0.6 is 23.2 Å². The number of nitriles is 1. The zero-order valence-corrected chi connectivity index (χ0v) is 10.6. The fraction of sp³-hybridized carbons (Fsp3) is 0.500. The molecule has 86 valence electrons. The van der Waals surface area contributed by atoms with Gasteiger partial charge in [0.05, 0.1) is 17.9 Å². The van der Waals surface area contributed by atoms with E-state index in [4.69, 9.17) is 28.5 Å². The summed E-state index contributed by atoms with van der Waals surface area (Å²) in [6.45, 7) is 2.42. The molecule has 16 heavy (non-hydrogen) atoms. The third kappa shape index (κ3) is 2.97. The van der Waals surface area contributed by atoms with Crippen molar-refractivity contribution in [1.82, 2.24) is 9.97 Å². The van der Waals surface area contributed by atoms with Gasteiger partial charge in [-0.2, -0.15) is 5.26 Å². The molecular formula is C10H12Cl2N4. The molecule has 1 aromatic rings. The quantitative estimate of drug-likeness (QED) is 0.615. The zero-order valence-electron chi connectivity index (χ0n) is 9.11. The van der Waals surface area contributed by atoms with Crippen LogP contribution in [0.1, 0.15) is 12.5 Å². The topological polar surface area (TPSA) is 52.8 Å². The maximum atomic E-state index is 8.75. The highest BCUT2D eigenvalue weighted by atomic mass is 35.5. The van der Waals surface area contributed by atoms with Crippen molar-refractivity contribution >= 4 is 29.0 Å². The predicted molar refractivity (Wildman–Crippen MR) is 64.6 cm³/mol. The predicted octanol–water partition coefficient (Wildman–Crippen LogP) is 2.46. The van der Waals surface area contributed by atoms with Crippen LogP contribution in [0.4, 0.5) is 5.82 Å². The molecule has 1 atom stereocenters. The summed E-state index contributed by atoms with van der Waals surface area (Å²) in [7, 11) is 1.85. The summed E-state index contributed by atoms with van der Waals surface area (Å²) in [4.78, 5) is 9.86. The normalized spacial score (nSPS) is 11.9. The first-order valence-electron chi connectivity index (χ1n) is 4.76. The molecule has 1 heterocycles. The number of aromatic nitrogens is 2. The molecule has 1 aromatic heterocycles. The number of hydrogen-bond acceptors (Lipinski definition) is 4. The summed E-state index contributed by atoms with van der Waals surface area (Å²) in [6.07, 6.45) is 1.39. The van der Waals surface area contributed by atoms with E-state index in [9.17, 15) is 0 Å². The van der Waals surface area contributed by atoms with Crippen LogP contribution in [0.15, 0.2) is 6.33 Å². The first kappa shape index (κ1) is 13.0. The van der Waals surface area contributed by atoms with Crippen LogP contribution in [0.2, 0.25) is 5.15 Å². The molecule has 0 saturated heterocycles. The largest absolute Gasteiger partial charge is 0.358 e. The van der Waals surface area contributed by atoms with Gasteiger partial charge >= 0.3 is 0 Å². The third-order valence-electron chi connectivity index (χ3n) is 2.13. The summed E-state index contributed by atoms with van der Waals surface area (Å²) in [5, 5.41) is 9.11. The van der Waals surface area contributed by atoms with Crippen molar-refractivity contribution in [2.75, 3.05) is 18.5 Å². The number of hydrogen-bond donors (Lipinski definition) is 0. The van der Waals surface area contributed by atoms with Crippen molar-refractivity contribution in [3.05, 3.63) is 17.0 Å². The molecule has 0 aromatic carbocycles. The highest BCUT2D eigenvalue weighted by Crippen LogP contribution is 2.24. The molecule has 0 bridgehead atoms. The first-order chi connectivity index (χ1) is 7.60. The SMILES string of the molecule is CC(C#N)CN(C)c1ncnc(Cl)c1CCl. The fourth-order valence-corrected chi connectivity index (χ4v) is 1.87. The number of alkyl halides is 1. The summed E-state index contributed by atoms with van der Waals surface area (Å²) >= 11 is 11.7. The third-order valence-corrected chi connectivity index (χ3v) is 2.73. The Labute approximate surface area is 105 Å². The zero-order chi connectivity index (χ0) is 12.1. The van der Waals surface area contributed by atoms with Gasteiger partial charge in [0.1, 0.15) is 17.3 Å². The van der Waals surface area contributed by atoms with Gasteiger partial charge in [-0.3, -0.25) is 0 Å². The smallest absolute Gasteiger partial charge is 0.138 e. The van der Waals surface area contributed by atoms with Crippen LogP contribution in [0, 0.1) is 17.2 Å². The van der Waals surface area contributed by atoms with Crippen molar-refractivity contribution in [3.8, 4) is 6.07 Å². The average Bonchev–Trinajstić information content (AvgIpc) is 2.28. The van der Waals surface area contributed by atoms with Crippen LogP contribution in [0.25, 0.3) is 0 Å². The van der Waals surface area contributed by atoms with Crippen molar-refractivity contribution in [3.63, 3.8) is 0 Å². The second-order valence-electron chi connectivity index (χ2n) is 3.51. The minimum Gasteiger partial charge on any atom is -0.358 e. The van der Waals surface area contributed by atoms with E-state index in [-0.39, 0.29) is 11.8 Å². The van der Waals surface area contributed by atoms with E-state index in [1.807, 2.05) is 18.9 Å². The minimum atomic E-state index is -0.0816. The van der Waals surface area contributed by atoms with Gasteiger partial charge in [-0.05, 0) is 6.92 Å². The van der Waals surface area contributed by atoms with Crippen LogP contribution < -0.4 is 4.90 Å². The van der Waals surface area contributed by atoms with Gasteiger partial charge in [0, 0.05) is 19.2 Å². The van der Waals surface area contributed by atoms with Crippen molar-refractivity contribution in [2.24, 2.45) is 5.92 Å². The van der Waals surface area contributed by atoms with Gasteiger partial charge in [-0.25, -0.2) is 9.97 Å². The molecule has 0 N–H and O–H groups in total. The Morgan fingerprint density at radius 3 is 2.81 bits per heavy atom. The summed E-state index contributed by atoms with van der Waals surface area (Å²) in [5.74, 6) is 0.847. The van der Waals surface area contributed by atoms with E-state index < -0.39 is 0 Å². The van der Waals surface area contributed by atoms with Gasteiger partial charge < -0.3 is 4.90 Å². The molecule has 1 rings (SSSR count). The molecule has 0 amide bonds. The Hall–Kier alpha value is -1.05. The van der Waals surface area contributed by atoms with E-state index in [0.717, 1.165) is 0 Å². The fourth-order valence-electron chi connectivity index (χ4n) is 1.36. The minimum absolute atomic E-state index is 0.0816. The molecule has 0 aliphatic rings. The number of halogens is 2. The second kappa shape index (κ2) is 5.88. The van der Waals surface area contributed by atoms with Gasteiger partial charge in [-0.15, -0.1) is 11.6 Å². The highest BCUT2D eigenvalue weighted by molar-refractivity contribution is 6.31. The summed E-state index contributed by atoms with van der Waals surface area (Å²) in [5.41, 5.74) is 0.693. The monoisotopic (exact) mass is 258 g/mol. The molecule has 0 saturated carbocycles. The Morgan fingerprint density at radius 1 is 1.56 bits per heavy atom. The maximum absolute atomic E-state index is 8.75. The standard InChI is InChI=1S/C10H12Cl2N4/c1-7(4-13)5-16(2)10-8(3-11)9(12)14-6-15-10/h6-7H,3,5H2,1-2H3. The maximum Gasteiger partial charge on any atom is 0.138 e. The summed E-state index contributed by atoms with van der Waals surface area (Å²) in [6, 6.07) is 2.17. The van der Waals surface area contributed by atoms with Gasteiger partial charge in [0.15, 0.2) is 0 Å². The van der Waals surface area contributed by atoms with E-state index >= 15 is 0 Å².